The molecule has 1 N–H and O–H groups in total. The Balaban J connectivity index is 2.22. The van der Waals surface area contributed by atoms with E-state index >= 15 is 0 Å². The summed E-state index contributed by atoms with van der Waals surface area (Å²) in [5.41, 5.74) is 1.60. The van der Waals surface area contributed by atoms with Crippen molar-refractivity contribution in [3.05, 3.63) is 21.4 Å². The lowest BCUT2D eigenvalue weighted by molar-refractivity contribution is 0.501. The van der Waals surface area contributed by atoms with Crippen molar-refractivity contribution in [1.82, 2.24) is 5.32 Å². The average molecular weight is 181 g/mol. The van der Waals surface area contributed by atoms with Crippen LogP contribution in [0.25, 0.3) is 0 Å². The molecule has 0 aromatic carbocycles. The quantitative estimate of drug-likeness (QED) is 0.700. The van der Waals surface area contributed by atoms with Crippen LogP contribution in [0.3, 0.4) is 0 Å². The third-order valence-corrected chi connectivity index (χ3v) is 3.74. The first-order chi connectivity index (χ1) is 5.79. The number of hydrogen-bond acceptors (Lipinski definition) is 2. The second-order valence-electron chi connectivity index (χ2n) is 3.53. The Morgan fingerprint density at radius 3 is 3.17 bits per heavy atom. The molecule has 2 heteroatoms. The lowest BCUT2D eigenvalue weighted by Gasteiger charge is -2.20. The van der Waals surface area contributed by atoms with Crippen LogP contribution in [0.1, 0.15) is 21.7 Å². The standard InChI is InChI=1S/C10H15NS/c1-7-5-8-3-4-9(11-2)6-10(8)12-7/h5,9,11H,3-4,6H2,1-2H3. The van der Waals surface area contributed by atoms with E-state index in [0.717, 1.165) is 6.04 Å². The van der Waals surface area contributed by atoms with Crippen molar-refractivity contribution in [2.45, 2.75) is 32.2 Å². The summed E-state index contributed by atoms with van der Waals surface area (Å²) in [6.45, 7) is 2.21. The van der Waals surface area contributed by atoms with Crippen LogP contribution < -0.4 is 5.32 Å². The number of thiophene rings is 1. The number of hydrogen-bond donors (Lipinski definition) is 1. The highest BCUT2D eigenvalue weighted by Gasteiger charge is 2.18. The minimum absolute atomic E-state index is 0.718. The zero-order valence-electron chi connectivity index (χ0n) is 7.68. The molecule has 1 unspecified atom stereocenters. The van der Waals surface area contributed by atoms with E-state index in [-0.39, 0.29) is 0 Å². The van der Waals surface area contributed by atoms with E-state index in [0.29, 0.717) is 0 Å². The van der Waals surface area contributed by atoms with Crippen molar-refractivity contribution in [2.24, 2.45) is 0 Å². The Morgan fingerprint density at radius 1 is 1.58 bits per heavy atom. The number of likely N-dealkylation sites (N-methyl/N-ethyl adjacent to an activating group) is 1. The maximum Gasteiger partial charge on any atom is 0.0116 e. The summed E-state index contributed by atoms with van der Waals surface area (Å²) in [5.74, 6) is 0. The monoisotopic (exact) mass is 181 g/mol. The molecule has 1 aromatic rings. The van der Waals surface area contributed by atoms with Crippen LogP contribution in [-0.4, -0.2) is 13.1 Å². The predicted octanol–water partition coefficient (Wildman–Crippen LogP) is 2.13. The number of rotatable bonds is 1. The van der Waals surface area contributed by atoms with Crippen molar-refractivity contribution < 1.29 is 0 Å². The van der Waals surface area contributed by atoms with Gasteiger partial charge in [0.05, 0.1) is 0 Å². The Bertz CT molecular complexity index is 277. The van der Waals surface area contributed by atoms with Crippen LogP contribution in [0.4, 0.5) is 0 Å². The topological polar surface area (TPSA) is 12.0 Å². The van der Waals surface area contributed by atoms with Gasteiger partial charge in [0.15, 0.2) is 0 Å². The number of nitrogens with one attached hydrogen (secondary N) is 1. The zero-order valence-corrected chi connectivity index (χ0v) is 8.50. The third-order valence-electron chi connectivity index (χ3n) is 2.62. The van der Waals surface area contributed by atoms with Crippen molar-refractivity contribution in [2.75, 3.05) is 7.05 Å². The van der Waals surface area contributed by atoms with Gasteiger partial charge in [-0.3, -0.25) is 0 Å². The summed E-state index contributed by atoms with van der Waals surface area (Å²) < 4.78 is 0. The van der Waals surface area contributed by atoms with E-state index in [9.17, 15) is 0 Å². The first kappa shape index (κ1) is 8.27. The fourth-order valence-corrected chi connectivity index (χ4v) is 3.07. The SMILES string of the molecule is CNC1CCc2cc(C)sc2C1. The molecule has 1 nitrogen and oxygen atoms in total. The molecular weight excluding hydrogens is 166 g/mol. The molecule has 0 fully saturated rings. The normalized spacial score (nSPS) is 22.3. The second kappa shape index (κ2) is 3.19. The van der Waals surface area contributed by atoms with Gasteiger partial charge >= 0.3 is 0 Å². The fourth-order valence-electron chi connectivity index (χ4n) is 1.90. The lowest BCUT2D eigenvalue weighted by atomic mass is 9.95. The first-order valence-corrected chi connectivity index (χ1v) is 5.36. The largest absolute Gasteiger partial charge is 0.317 e. The van der Waals surface area contributed by atoms with Crippen molar-refractivity contribution in [1.29, 1.82) is 0 Å². The molecular formula is C10H15NS. The van der Waals surface area contributed by atoms with Crippen molar-refractivity contribution in [3.63, 3.8) is 0 Å². The highest BCUT2D eigenvalue weighted by Crippen LogP contribution is 2.28. The fraction of sp³-hybridized carbons (Fsp3) is 0.600. The molecule has 0 aliphatic heterocycles. The van der Waals surface area contributed by atoms with Crippen LogP contribution in [0.2, 0.25) is 0 Å². The molecule has 0 bridgehead atoms. The van der Waals surface area contributed by atoms with E-state index in [4.69, 9.17) is 0 Å². The van der Waals surface area contributed by atoms with Crippen molar-refractivity contribution >= 4 is 11.3 Å². The molecule has 12 heavy (non-hydrogen) atoms. The third kappa shape index (κ3) is 1.41. The van der Waals surface area contributed by atoms with E-state index in [1.165, 1.54) is 24.1 Å². The molecule has 1 aliphatic carbocycles. The van der Waals surface area contributed by atoms with Gasteiger partial charge in [-0.25, -0.2) is 0 Å². The minimum Gasteiger partial charge on any atom is -0.317 e. The maximum atomic E-state index is 3.36. The van der Waals surface area contributed by atoms with Crippen LogP contribution in [0.15, 0.2) is 6.07 Å². The van der Waals surface area contributed by atoms with Crippen LogP contribution >= 0.6 is 11.3 Å². The van der Waals surface area contributed by atoms with Gasteiger partial charge < -0.3 is 5.32 Å². The van der Waals surface area contributed by atoms with Gasteiger partial charge in [0.1, 0.15) is 0 Å². The van der Waals surface area contributed by atoms with E-state index in [1.54, 1.807) is 10.4 Å². The Kier molecular flexibility index (Phi) is 2.20. The van der Waals surface area contributed by atoms with Crippen LogP contribution in [0, 0.1) is 6.92 Å². The molecule has 1 aromatic heterocycles. The minimum atomic E-state index is 0.718. The Labute approximate surface area is 77.8 Å². The summed E-state index contributed by atoms with van der Waals surface area (Å²) in [7, 11) is 2.07. The van der Waals surface area contributed by atoms with E-state index in [1.807, 2.05) is 11.3 Å². The summed E-state index contributed by atoms with van der Waals surface area (Å²) in [5, 5.41) is 3.36. The van der Waals surface area contributed by atoms with E-state index < -0.39 is 0 Å². The summed E-state index contributed by atoms with van der Waals surface area (Å²) in [6.07, 6.45) is 3.81. The molecule has 0 amide bonds. The van der Waals surface area contributed by atoms with Crippen LogP contribution in [-0.2, 0) is 12.8 Å². The first-order valence-electron chi connectivity index (χ1n) is 4.55. The van der Waals surface area contributed by atoms with Gasteiger partial charge in [0.2, 0.25) is 0 Å². The molecule has 1 heterocycles. The average Bonchev–Trinajstić information content (AvgIpc) is 2.43. The van der Waals surface area contributed by atoms with E-state index in [2.05, 4.69) is 25.4 Å². The molecule has 0 saturated heterocycles. The van der Waals surface area contributed by atoms with Gasteiger partial charge in [-0.15, -0.1) is 11.3 Å². The molecule has 2 rings (SSSR count). The summed E-state index contributed by atoms with van der Waals surface area (Å²) >= 11 is 1.97. The molecule has 0 saturated carbocycles. The Hall–Kier alpha value is -0.340. The zero-order chi connectivity index (χ0) is 8.55. The summed E-state index contributed by atoms with van der Waals surface area (Å²) in [6, 6.07) is 3.07. The second-order valence-corrected chi connectivity index (χ2v) is 4.87. The number of fused-ring (bicyclic) bond motifs is 1. The molecule has 1 atom stereocenters. The van der Waals surface area contributed by atoms with Gasteiger partial charge in [0.25, 0.3) is 0 Å². The maximum absolute atomic E-state index is 3.36. The van der Waals surface area contributed by atoms with Gasteiger partial charge in [-0.2, -0.15) is 0 Å². The highest BCUT2D eigenvalue weighted by atomic mass is 32.1. The van der Waals surface area contributed by atoms with Gasteiger partial charge in [-0.1, -0.05) is 0 Å². The smallest absolute Gasteiger partial charge is 0.0116 e. The van der Waals surface area contributed by atoms with Gasteiger partial charge in [0, 0.05) is 15.8 Å². The Morgan fingerprint density at radius 2 is 2.42 bits per heavy atom. The predicted molar refractivity (Wildman–Crippen MR) is 53.9 cm³/mol. The molecule has 1 aliphatic rings. The molecule has 0 spiro atoms. The van der Waals surface area contributed by atoms with Crippen LogP contribution in [0.5, 0.6) is 0 Å². The highest BCUT2D eigenvalue weighted by molar-refractivity contribution is 7.12. The molecule has 0 radical (unpaired) electrons. The number of aryl methyl sites for hydroxylation is 2. The van der Waals surface area contributed by atoms with Gasteiger partial charge in [-0.05, 0) is 44.9 Å². The summed E-state index contributed by atoms with van der Waals surface area (Å²) in [4.78, 5) is 3.08. The molecule has 66 valence electrons. The van der Waals surface area contributed by atoms with Crippen molar-refractivity contribution in [3.8, 4) is 0 Å². The lowest BCUT2D eigenvalue weighted by Crippen LogP contribution is -2.30.